The number of nitrogens with zero attached hydrogens (tertiary/aromatic N) is 1. The van der Waals surface area contributed by atoms with Crippen molar-refractivity contribution in [3.8, 4) is 0 Å². The topological polar surface area (TPSA) is 32.3 Å². The lowest BCUT2D eigenvalue weighted by Crippen LogP contribution is -2.37. The fourth-order valence-corrected chi connectivity index (χ4v) is 2.51. The summed E-state index contributed by atoms with van der Waals surface area (Å²) in [6, 6.07) is 0. The summed E-state index contributed by atoms with van der Waals surface area (Å²) in [5.41, 5.74) is 0. The summed E-state index contributed by atoms with van der Waals surface area (Å²) in [7, 11) is 0. The van der Waals surface area contributed by atoms with Gasteiger partial charge in [-0.25, -0.2) is 0 Å². The molecule has 14 heavy (non-hydrogen) atoms. The largest absolute Gasteiger partial charge is 0.342 e. The smallest absolute Gasteiger partial charge is 0.227 e. The predicted octanol–water partition coefficient (Wildman–Crippen LogP) is 0.710. The Morgan fingerprint density at radius 3 is 2.64 bits per heavy atom. The van der Waals surface area contributed by atoms with E-state index in [2.05, 4.69) is 24.1 Å². The Morgan fingerprint density at radius 2 is 2.14 bits per heavy atom. The number of carbonyl (C=O) groups is 1. The number of amides is 1. The molecule has 0 aromatic carbocycles. The minimum Gasteiger partial charge on any atom is -0.342 e. The zero-order chi connectivity index (χ0) is 10.1. The highest BCUT2D eigenvalue weighted by atomic mass is 16.2. The van der Waals surface area contributed by atoms with Crippen LogP contribution in [0.25, 0.3) is 0 Å². The molecule has 3 heteroatoms. The molecule has 2 heterocycles. The van der Waals surface area contributed by atoms with Crippen molar-refractivity contribution >= 4 is 5.91 Å². The minimum absolute atomic E-state index is 0.236. The first-order valence-corrected chi connectivity index (χ1v) is 5.68. The normalized spacial score (nSPS) is 37.9. The fourth-order valence-electron chi connectivity index (χ4n) is 2.51. The second-order valence-electron chi connectivity index (χ2n) is 4.92. The van der Waals surface area contributed by atoms with E-state index in [-0.39, 0.29) is 5.92 Å². The molecule has 0 radical (unpaired) electrons. The van der Waals surface area contributed by atoms with Crippen LogP contribution in [0.1, 0.15) is 20.3 Å². The van der Waals surface area contributed by atoms with Gasteiger partial charge in [0.2, 0.25) is 5.91 Å². The van der Waals surface area contributed by atoms with E-state index < -0.39 is 0 Å². The first-order chi connectivity index (χ1) is 6.68. The van der Waals surface area contributed by atoms with Crippen molar-refractivity contribution in [1.82, 2.24) is 10.2 Å². The molecule has 3 unspecified atom stereocenters. The summed E-state index contributed by atoms with van der Waals surface area (Å²) in [6.45, 7) is 8.22. The molecule has 2 aliphatic rings. The summed E-state index contributed by atoms with van der Waals surface area (Å²) >= 11 is 0. The highest BCUT2D eigenvalue weighted by Gasteiger charge is 2.34. The van der Waals surface area contributed by atoms with E-state index in [1.54, 1.807) is 0 Å². The average Bonchev–Trinajstić information content (AvgIpc) is 2.73. The van der Waals surface area contributed by atoms with E-state index in [1.807, 2.05) is 0 Å². The summed E-state index contributed by atoms with van der Waals surface area (Å²) in [5.74, 6) is 1.83. The van der Waals surface area contributed by atoms with E-state index in [0.29, 0.717) is 17.7 Å². The second-order valence-corrected chi connectivity index (χ2v) is 4.92. The van der Waals surface area contributed by atoms with Gasteiger partial charge in [0.25, 0.3) is 0 Å². The molecule has 0 aromatic heterocycles. The molecule has 0 aliphatic carbocycles. The standard InChI is InChI=1S/C11H20N2O/c1-8-3-4-13(7-8)11(14)10-6-12-5-9(10)2/h8-10,12H,3-7H2,1-2H3. The Bertz CT molecular complexity index is 229. The van der Waals surface area contributed by atoms with Gasteiger partial charge in [0, 0.05) is 19.6 Å². The maximum Gasteiger partial charge on any atom is 0.227 e. The maximum atomic E-state index is 12.1. The van der Waals surface area contributed by atoms with Crippen LogP contribution in [0.15, 0.2) is 0 Å². The molecule has 2 saturated heterocycles. The lowest BCUT2D eigenvalue weighted by Gasteiger charge is -2.22. The quantitative estimate of drug-likeness (QED) is 0.670. The van der Waals surface area contributed by atoms with Gasteiger partial charge < -0.3 is 10.2 Å². The van der Waals surface area contributed by atoms with Crippen molar-refractivity contribution in [2.45, 2.75) is 20.3 Å². The van der Waals surface area contributed by atoms with Crippen LogP contribution < -0.4 is 5.32 Å². The molecule has 3 nitrogen and oxygen atoms in total. The third kappa shape index (κ3) is 1.78. The van der Waals surface area contributed by atoms with E-state index in [1.165, 1.54) is 6.42 Å². The van der Waals surface area contributed by atoms with Gasteiger partial charge in [0.05, 0.1) is 5.92 Å². The zero-order valence-electron chi connectivity index (χ0n) is 9.12. The Labute approximate surface area is 85.8 Å². The molecule has 2 fully saturated rings. The number of hydrogen-bond acceptors (Lipinski definition) is 2. The van der Waals surface area contributed by atoms with Gasteiger partial charge >= 0.3 is 0 Å². The van der Waals surface area contributed by atoms with Crippen molar-refractivity contribution < 1.29 is 4.79 Å². The lowest BCUT2D eigenvalue weighted by atomic mass is 9.97. The first kappa shape index (κ1) is 9.97. The SMILES string of the molecule is CC1CCN(C(=O)C2CNCC2C)C1. The van der Waals surface area contributed by atoms with Crippen LogP contribution in [0.4, 0.5) is 0 Å². The number of hydrogen-bond donors (Lipinski definition) is 1. The Morgan fingerprint density at radius 1 is 1.36 bits per heavy atom. The van der Waals surface area contributed by atoms with Crippen LogP contribution in [-0.4, -0.2) is 37.0 Å². The molecule has 2 rings (SSSR count). The Hall–Kier alpha value is -0.570. The highest BCUT2D eigenvalue weighted by molar-refractivity contribution is 5.80. The number of rotatable bonds is 1. The second kappa shape index (κ2) is 3.89. The molecule has 80 valence electrons. The minimum atomic E-state index is 0.236. The lowest BCUT2D eigenvalue weighted by molar-refractivity contribution is -0.135. The Balaban J connectivity index is 1.94. The van der Waals surface area contributed by atoms with Crippen molar-refractivity contribution in [2.75, 3.05) is 26.2 Å². The van der Waals surface area contributed by atoms with E-state index in [9.17, 15) is 4.79 Å². The van der Waals surface area contributed by atoms with Crippen molar-refractivity contribution in [3.63, 3.8) is 0 Å². The summed E-state index contributed by atoms with van der Waals surface area (Å²) in [6.07, 6.45) is 1.18. The van der Waals surface area contributed by atoms with Crippen molar-refractivity contribution in [1.29, 1.82) is 0 Å². The van der Waals surface area contributed by atoms with Gasteiger partial charge in [-0.2, -0.15) is 0 Å². The van der Waals surface area contributed by atoms with Crippen molar-refractivity contribution in [3.05, 3.63) is 0 Å². The zero-order valence-corrected chi connectivity index (χ0v) is 9.12. The first-order valence-electron chi connectivity index (χ1n) is 5.68. The monoisotopic (exact) mass is 196 g/mol. The predicted molar refractivity (Wildman–Crippen MR) is 55.9 cm³/mol. The fraction of sp³-hybridized carbons (Fsp3) is 0.909. The molecular weight excluding hydrogens is 176 g/mol. The summed E-state index contributed by atoms with van der Waals surface area (Å²) in [4.78, 5) is 14.1. The van der Waals surface area contributed by atoms with Crippen LogP contribution in [0.3, 0.4) is 0 Å². The number of likely N-dealkylation sites (tertiary alicyclic amines) is 1. The Kier molecular flexibility index (Phi) is 2.77. The van der Waals surface area contributed by atoms with Crippen molar-refractivity contribution in [2.24, 2.45) is 17.8 Å². The van der Waals surface area contributed by atoms with E-state index in [4.69, 9.17) is 0 Å². The van der Waals surface area contributed by atoms with Gasteiger partial charge in [0.1, 0.15) is 0 Å². The van der Waals surface area contributed by atoms with E-state index in [0.717, 1.165) is 26.2 Å². The summed E-state index contributed by atoms with van der Waals surface area (Å²) in [5, 5.41) is 3.29. The molecule has 1 amide bonds. The average molecular weight is 196 g/mol. The van der Waals surface area contributed by atoms with Gasteiger partial charge in [-0.3, -0.25) is 4.79 Å². The van der Waals surface area contributed by atoms with Crippen LogP contribution in [0, 0.1) is 17.8 Å². The van der Waals surface area contributed by atoms with Gasteiger partial charge in [-0.15, -0.1) is 0 Å². The van der Waals surface area contributed by atoms with Crippen LogP contribution in [-0.2, 0) is 4.79 Å². The van der Waals surface area contributed by atoms with Crippen LogP contribution in [0.2, 0.25) is 0 Å². The van der Waals surface area contributed by atoms with Crippen LogP contribution >= 0.6 is 0 Å². The van der Waals surface area contributed by atoms with Gasteiger partial charge in [-0.05, 0) is 24.8 Å². The van der Waals surface area contributed by atoms with E-state index >= 15 is 0 Å². The molecule has 0 aromatic rings. The molecule has 1 N–H and O–H groups in total. The molecule has 0 spiro atoms. The number of nitrogens with one attached hydrogen (secondary N) is 1. The molecular formula is C11H20N2O. The van der Waals surface area contributed by atoms with Crippen LogP contribution in [0.5, 0.6) is 0 Å². The third-order valence-corrected chi connectivity index (χ3v) is 3.57. The molecule has 2 aliphatic heterocycles. The third-order valence-electron chi connectivity index (χ3n) is 3.57. The number of carbonyl (C=O) groups excluding carboxylic acids is 1. The highest BCUT2D eigenvalue weighted by Crippen LogP contribution is 2.23. The molecule has 3 atom stereocenters. The van der Waals surface area contributed by atoms with Gasteiger partial charge in [0.15, 0.2) is 0 Å². The molecule has 0 saturated carbocycles. The summed E-state index contributed by atoms with van der Waals surface area (Å²) < 4.78 is 0. The maximum absolute atomic E-state index is 12.1. The molecule has 0 bridgehead atoms. The van der Waals surface area contributed by atoms with Gasteiger partial charge in [-0.1, -0.05) is 13.8 Å².